The second kappa shape index (κ2) is 7.73. The fourth-order valence-corrected chi connectivity index (χ4v) is 4.24. The van der Waals surface area contributed by atoms with Gasteiger partial charge in [-0.15, -0.1) is 0 Å². The third kappa shape index (κ3) is 3.58. The molecule has 150 valence electrons. The molecule has 1 fully saturated rings. The second-order valence-electron chi connectivity index (χ2n) is 6.45. The van der Waals surface area contributed by atoms with E-state index < -0.39 is 16.7 Å². The molecule has 3 aromatic rings. The van der Waals surface area contributed by atoms with Crippen LogP contribution in [0.3, 0.4) is 0 Å². The number of nitro groups is 1. The lowest BCUT2D eigenvalue weighted by atomic mass is 10.2. The smallest absolute Gasteiger partial charge is 0.285 e. The van der Waals surface area contributed by atoms with Crippen molar-refractivity contribution in [3.05, 3.63) is 80.9 Å². The van der Waals surface area contributed by atoms with E-state index >= 15 is 0 Å². The Morgan fingerprint density at radius 3 is 2.70 bits per heavy atom. The van der Waals surface area contributed by atoms with Gasteiger partial charge in [-0.2, -0.15) is 5.01 Å². The molecule has 8 nitrogen and oxygen atoms in total. The molecule has 1 aliphatic rings. The van der Waals surface area contributed by atoms with Crippen LogP contribution < -0.4 is 5.43 Å². The average molecular weight is 438 g/mol. The minimum Gasteiger partial charge on any atom is -0.344 e. The van der Waals surface area contributed by atoms with Crippen molar-refractivity contribution in [1.82, 2.24) is 15.0 Å². The molecule has 0 saturated carbocycles. The van der Waals surface area contributed by atoms with Gasteiger partial charge in [-0.25, -0.2) is 0 Å². The summed E-state index contributed by atoms with van der Waals surface area (Å²) in [4.78, 5) is 36.0. The van der Waals surface area contributed by atoms with Gasteiger partial charge in [0, 0.05) is 41.3 Å². The number of thioether (sulfide) groups is 1. The highest BCUT2D eigenvalue weighted by Gasteiger charge is 2.34. The van der Waals surface area contributed by atoms with Crippen LogP contribution in [0.15, 0.2) is 59.5 Å². The maximum Gasteiger partial charge on any atom is 0.285 e. The van der Waals surface area contributed by atoms with Crippen molar-refractivity contribution in [3.8, 4) is 0 Å². The first kappa shape index (κ1) is 19.8. The first-order chi connectivity index (χ1) is 14.3. The van der Waals surface area contributed by atoms with E-state index in [0.717, 1.165) is 39.4 Å². The molecule has 0 bridgehead atoms. The van der Waals surface area contributed by atoms with Crippen molar-refractivity contribution < 1.29 is 14.5 Å². The van der Waals surface area contributed by atoms with Crippen LogP contribution in [0.4, 0.5) is 5.69 Å². The molecule has 4 rings (SSSR count). The number of nitrogens with one attached hydrogen (secondary N) is 1. The number of rotatable bonds is 4. The van der Waals surface area contributed by atoms with E-state index in [-0.39, 0.29) is 15.6 Å². The van der Waals surface area contributed by atoms with Crippen molar-refractivity contribution in [3.63, 3.8) is 0 Å². The van der Waals surface area contributed by atoms with E-state index in [1.165, 1.54) is 18.2 Å². The zero-order chi connectivity index (χ0) is 21.4. The lowest BCUT2D eigenvalue weighted by molar-refractivity contribution is -0.384. The van der Waals surface area contributed by atoms with Crippen LogP contribution in [0, 0.1) is 10.1 Å². The fraction of sp³-hybridized carbons (Fsp3) is 0.0500. The van der Waals surface area contributed by atoms with E-state index in [0.29, 0.717) is 4.91 Å². The van der Waals surface area contributed by atoms with Gasteiger partial charge < -0.3 is 4.57 Å². The van der Waals surface area contributed by atoms with Crippen LogP contribution in [0.5, 0.6) is 0 Å². The summed E-state index contributed by atoms with van der Waals surface area (Å²) in [6.07, 6.45) is 1.72. The maximum atomic E-state index is 12.8. The van der Waals surface area contributed by atoms with Crippen molar-refractivity contribution in [2.24, 2.45) is 7.05 Å². The number of nitro benzene ring substituents is 1. The molecule has 1 aliphatic heterocycles. The largest absolute Gasteiger partial charge is 0.344 e. The topological polar surface area (TPSA) is 97.5 Å². The van der Waals surface area contributed by atoms with Gasteiger partial charge in [0.2, 0.25) is 0 Å². The number of hydrogen-bond donors (Lipinski definition) is 1. The van der Waals surface area contributed by atoms with Gasteiger partial charge in [0.25, 0.3) is 17.5 Å². The molecule has 0 atom stereocenters. The SMILES string of the molecule is Cn1c(/C=C2/SC(=S)N(NC(=O)c3cccc([N+](=O)[O-])c3)C2=O)cc2ccccc21. The predicted molar refractivity (Wildman–Crippen MR) is 118 cm³/mol. The third-order valence-corrected chi connectivity index (χ3v) is 5.90. The predicted octanol–water partition coefficient (Wildman–Crippen LogP) is 3.63. The lowest BCUT2D eigenvalue weighted by Crippen LogP contribution is -2.44. The monoisotopic (exact) mass is 438 g/mol. The van der Waals surface area contributed by atoms with Crippen LogP contribution in [0.2, 0.25) is 0 Å². The second-order valence-corrected chi connectivity index (χ2v) is 8.13. The van der Waals surface area contributed by atoms with Gasteiger partial charge in [0.05, 0.1) is 9.83 Å². The summed E-state index contributed by atoms with van der Waals surface area (Å²) in [6.45, 7) is 0. The number of non-ortho nitro benzene ring substituents is 1. The Bertz CT molecular complexity index is 1260. The Morgan fingerprint density at radius 1 is 1.20 bits per heavy atom. The number of benzene rings is 2. The molecule has 2 amide bonds. The minimum absolute atomic E-state index is 0.0518. The highest BCUT2D eigenvalue weighted by atomic mass is 32.2. The summed E-state index contributed by atoms with van der Waals surface area (Å²) in [5.74, 6) is -1.13. The fourth-order valence-electron chi connectivity index (χ4n) is 3.07. The Kier molecular flexibility index (Phi) is 5.10. The first-order valence-corrected chi connectivity index (χ1v) is 9.95. The highest BCUT2D eigenvalue weighted by Crippen LogP contribution is 2.32. The van der Waals surface area contributed by atoms with Gasteiger partial charge >= 0.3 is 0 Å². The Balaban J connectivity index is 1.57. The summed E-state index contributed by atoms with van der Waals surface area (Å²) in [5.41, 5.74) is 4.11. The van der Waals surface area contributed by atoms with Crippen molar-refractivity contribution in [2.45, 2.75) is 0 Å². The van der Waals surface area contributed by atoms with E-state index in [4.69, 9.17) is 12.2 Å². The van der Waals surface area contributed by atoms with Crippen LogP contribution in [0.25, 0.3) is 17.0 Å². The number of carbonyl (C=O) groups excluding carboxylic acids is 2. The van der Waals surface area contributed by atoms with Gasteiger partial charge in [-0.05, 0) is 36.5 Å². The van der Waals surface area contributed by atoms with Crippen LogP contribution in [0.1, 0.15) is 16.1 Å². The number of amides is 2. The molecule has 1 saturated heterocycles. The first-order valence-electron chi connectivity index (χ1n) is 8.73. The molecular weight excluding hydrogens is 424 g/mol. The van der Waals surface area contributed by atoms with Gasteiger partial charge in [0.15, 0.2) is 4.32 Å². The number of aryl methyl sites for hydroxylation is 1. The minimum atomic E-state index is -0.666. The van der Waals surface area contributed by atoms with E-state index in [2.05, 4.69) is 5.43 Å². The summed E-state index contributed by atoms with van der Waals surface area (Å²) in [6, 6.07) is 15.0. The van der Waals surface area contributed by atoms with E-state index in [1.807, 2.05) is 41.9 Å². The van der Waals surface area contributed by atoms with Crippen LogP contribution in [-0.2, 0) is 11.8 Å². The summed E-state index contributed by atoms with van der Waals surface area (Å²) >= 11 is 6.31. The zero-order valence-electron chi connectivity index (χ0n) is 15.6. The Morgan fingerprint density at radius 2 is 1.97 bits per heavy atom. The number of para-hydroxylation sites is 1. The van der Waals surface area contributed by atoms with E-state index in [9.17, 15) is 19.7 Å². The number of hydrogen-bond acceptors (Lipinski definition) is 6. The number of nitrogens with zero attached hydrogens (tertiary/aromatic N) is 3. The number of hydrazine groups is 1. The number of carbonyl (C=O) groups is 2. The third-order valence-electron chi connectivity index (χ3n) is 4.59. The molecule has 1 N–H and O–H groups in total. The number of thiocarbonyl (C=S) groups is 1. The molecule has 0 spiro atoms. The van der Waals surface area contributed by atoms with Gasteiger partial charge in [-0.3, -0.25) is 25.1 Å². The summed E-state index contributed by atoms with van der Waals surface area (Å²) in [7, 11) is 1.90. The van der Waals surface area contributed by atoms with Crippen LogP contribution in [-0.4, -0.2) is 30.6 Å². The molecule has 30 heavy (non-hydrogen) atoms. The highest BCUT2D eigenvalue weighted by molar-refractivity contribution is 8.26. The van der Waals surface area contributed by atoms with Gasteiger partial charge in [-0.1, -0.05) is 36.0 Å². The molecule has 0 aliphatic carbocycles. The molecule has 0 unspecified atom stereocenters. The Hall–Kier alpha value is -3.50. The van der Waals surface area contributed by atoms with Crippen LogP contribution >= 0.6 is 24.0 Å². The molecule has 10 heteroatoms. The molecule has 2 heterocycles. The molecule has 0 radical (unpaired) electrons. The standard InChI is InChI=1S/C20H14N4O4S2/c1-22-15(9-12-5-2-3-8-16(12)22)11-17-19(26)23(20(29)30-17)21-18(25)13-6-4-7-14(10-13)24(27)28/h2-11H,1H3,(H,21,25)/b17-11+. The Labute approximate surface area is 180 Å². The van der Waals surface area contributed by atoms with Crippen molar-refractivity contribution >= 4 is 62.8 Å². The normalized spacial score (nSPS) is 15.2. The molecular formula is C20H14N4O4S2. The quantitative estimate of drug-likeness (QED) is 0.289. The molecule has 1 aromatic heterocycles. The van der Waals surface area contributed by atoms with Crippen molar-refractivity contribution in [2.75, 3.05) is 0 Å². The average Bonchev–Trinajstić information content (AvgIpc) is 3.19. The maximum absolute atomic E-state index is 12.8. The van der Waals surface area contributed by atoms with E-state index in [1.54, 1.807) is 6.08 Å². The number of fused-ring (bicyclic) bond motifs is 1. The number of aromatic nitrogens is 1. The van der Waals surface area contributed by atoms with Crippen molar-refractivity contribution in [1.29, 1.82) is 0 Å². The lowest BCUT2D eigenvalue weighted by Gasteiger charge is -2.15. The summed E-state index contributed by atoms with van der Waals surface area (Å²) < 4.78 is 2.13. The molecule has 2 aromatic carbocycles. The summed E-state index contributed by atoms with van der Waals surface area (Å²) in [5, 5.41) is 12.9. The zero-order valence-corrected chi connectivity index (χ0v) is 17.2. The van der Waals surface area contributed by atoms with Gasteiger partial charge in [0.1, 0.15) is 0 Å².